The van der Waals surface area contributed by atoms with Gasteiger partial charge in [-0.15, -0.1) is 0 Å². The van der Waals surface area contributed by atoms with Crippen LogP contribution in [0.15, 0.2) is 30.5 Å². The molecule has 192 valence electrons. The third kappa shape index (κ3) is 3.84. The Balaban J connectivity index is 1.33. The normalized spacial score (nSPS) is 17.3. The van der Waals surface area contributed by atoms with Gasteiger partial charge in [0, 0.05) is 44.0 Å². The molecule has 2 amide bonds. The highest BCUT2D eigenvalue weighted by atomic mass is 16.6. The Morgan fingerprint density at radius 2 is 1.86 bits per heavy atom. The maximum atomic E-state index is 13.4. The summed E-state index contributed by atoms with van der Waals surface area (Å²) in [6, 6.07) is 7.69. The number of rotatable bonds is 2. The molecule has 1 spiro atoms. The molecule has 9 heteroatoms. The smallest absolute Gasteiger partial charge is 0.410 e. The van der Waals surface area contributed by atoms with Gasteiger partial charge in [-0.05, 0) is 69.0 Å². The number of nitrogens with one attached hydrogen (secondary N) is 1. The predicted octanol–water partition coefficient (Wildman–Crippen LogP) is 3.53. The van der Waals surface area contributed by atoms with E-state index in [0.29, 0.717) is 25.3 Å². The van der Waals surface area contributed by atoms with E-state index in [-0.39, 0.29) is 12.0 Å². The Labute approximate surface area is 215 Å². The van der Waals surface area contributed by atoms with Crippen molar-refractivity contribution in [3.05, 3.63) is 52.8 Å². The first-order chi connectivity index (χ1) is 17.6. The molecule has 9 nitrogen and oxygen atoms in total. The van der Waals surface area contributed by atoms with Crippen molar-refractivity contribution in [3.8, 4) is 28.5 Å². The van der Waals surface area contributed by atoms with Crippen LogP contribution in [0.25, 0.3) is 22.8 Å². The van der Waals surface area contributed by atoms with Gasteiger partial charge in [-0.3, -0.25) is 4.79 Å². The Bertz CT molecular complexity index is 1430. The first-order valence-corrected chi connectivity index (χ1v) is 12.6. The zero-order chi connectivity index (χ0) is 26.1. The maximum absolute atomic E-state index is 13.4. The minimum Gasteiger partial charge on any atom is -0.497 e. The van der Waals surface area contributed by atoms with E-state index in [0.717, 1.165) is 57.9 Å². The fraction of sp³-hybridized carbons (Fsp3) is 0.429. The van der Waals surface area contributed by atoms with Crippen molar-refractivity contribution in [3.63, 3.8) is 0 Å². The minimum atomic E-state index is -0.556. The molecule has 2 aliphatic heterocycles. The zero-order valence-electron chi connectivity index (χ0n) is 21.8. The van der Waals surface area contributed by atoms with Gasteiger partial charge in [-0.25, -0.2) is 14.8 Å². The lowest BCUT2D eigenvalue weighted by Gasteiger charge is -2.51. The molecule has 0 bridgehead atoms. The van der Waals surface area contributed by atoms with Gasteiger partial charge in [-0.2, -0.15) is 0 Å². The number of aryl methyl sites for hydroxylation is 1. The van der Waals surface area contributed by atoms with E-state index >= 15 is 0 Å². The first-order valence-electron chi connectivity index (χ1n) is 12.6. The summed E-state index contributed by atoms with van der Waals surface area (Å²) < 4.78 is 12.9. The zero-order valence-corrected chi connectivity index (χ0v) is 21.8. The minimum absolute atomic E-state index is 0.0742. The van der Waals surface area contributed by atoms with E-state index in [1.54, 1.807) is 12.0 Å². The van der Waals surface area contributed by atoms with Crippen LogP contribution in [0.5, 0.6) is 5.75 Å². The van der Waals surface area contributed by atoms with Crippen LogP contribution in [-0.2, 0) is 31.0 Å². The second-order valence-corrected chi connectivity index (χ2v) is 11.3. The third-order valence-electron chi connectivity index (χ3n) is 7.45. The molecular formula is C28H31N5O4. The van der Waals surface area contributed by atoms with E-state index in [4.69, 9.17) is 14.5 Å². The number of carbonyl (C=O) groups is 2. The van der Waals surface area contributed by atoms with Crippen LogP contribution in [-0.4, -0.2) is 62.8 Å². The number of amides is 2. The van der Waals surface area contributed by atoms with E-state index < -0.39 is 11.1 Å². The Kier molecular flexibility index (Phi) is 5.12. The standard InChI is InChI=1S/C28H31N5O4/c1-27(2,3)37-26(35)33-14-28(15-33)12-20-21(25(34)31-28)19-11-8-17-13-29-24(30-22(17)23(19)32(20)4)16-6-9-18(36-5)10-7-16/h6-7,9-10,13H,8,11-12,14-15H2,1-5H3,(H,31,34). The summed E-state index contributed by atoms with van der Waals surface area (Å²) in [5, 5.41) is 3.22. The highest BCUT2D eigenvalue weighted by molar-refractivity contribution is 6.01. The van der Waals surface area contributed by atoms with Crippen molar-refractivity contribution in [2.24, 2.45) is 7.05 Å². The number of aromatic nitrogens is 3. The van der Waals surface area contributed by atoms with E-state index in [1.807, 2.05) is 58.3 Å². The number of fused-ring (bicyclic) bond motifs is 5. The molecule has 6 rings (SSSR count). The summed E-state index contributed by atoms with van der Waals surface area (Å²) in [6.45, 7) is 6.42. The van der Waals surface area contributed by atoms with Gasteiger partial charge in [0.2, 0.25) is 0 Å². The molecule has 0 unspecified atom stereocenters. The number of likely N-dealkylation sites (tertiary alicyclic amines) is 1. The molecule has 4 heterocycles. The highest BCUT2D eigenvalue weighted by Gasteiger charge is 2.52. The van der Waals surface area contributed by atoms with Crippen LogP contribution >= 0.6 is 0 Å². The van der Waals surface area contributed by atoms with Crippen molar-refractivity contribution in [2.75, 3.05) is 20.2 Å². The molecular weight excluding hydrogens is 470 g/mol. The largest absolute Gasteiger partial charge is 0.497 e. The molecule has 2 aromatic heterocycles. The van der Waals surface area contributed by atoms with Crippen molar-refractivity contribution in [1.29, 1.82) is 0 Å². The summed E-state index contributed by atoms with van der Waals surface area (Å²) in [5.74, 6) is 1.34. The number of ether oxygens (including phenoxy) is 2. The van der Waals surface area contributed by atoms with Gasteiger partial charge in [0.25, 0.3) is 5.91 Å². The Hall–Kier alpha value is -3.88. The number of benzene rings is 1. The van der Waals surface area contributed by atoms with E-state index in [9.17, 15) is 9.59 Å². The average Bonchev–Trinajstić information content (AvgIpc) is 3.13. The highest BCUT2D eigenvalue weighted by Crippen LogP contribution is 2.42. The van der Waals surface area contributed by atoms with Crippen molar-refractivity contribution in [1.82, 2.24) is 24.8 Å². The summed E-state index contributed by atoms with van der Waals surface area (Å²) in [5.41, 5.74) is 5.62. The van der Waals surface area contributed by atoms with Crippen LogP contribution in [0.2, 0.25) is 0 Å². The maximum Gasteiger partial charge on any atom is 0.410 e. The van der Waals surface area contributed by atoms with Crippen LogP contribution in [0.3, 0.4) is 0 Å². The summed E-state index contributed by atoms with van der Waals surface area (Å²) in [6.07, 6.45) is 3.76. The number of hydrogen-bond acceptors (Lipinski definition) is 6. The fourth-order valence-corrected chi connectivity index (χ4v) is 5.75. The molecule has 37 heavy (non-hydrogen) atoms. The average molecular weight is 502 g/mol. The number of carbonyl (C=O) groups excluding carboxylic acids is 2. The molecule has 1 saturated heterocycles. The summed E-state index contributed by atoms with van der Waals surface area (Å²) in [4.78, 5) is 37.2. The Morgan fingerprint density at radius 3 is 2.54 bits per heavy atom. The van der Waals surface area contributed by atoms with Gasteiger partial charge in [0.05, 0.1) is 29.6 Å². The first kappa shape index (κ1) is 23.5. The molecule has 1 aliphatic carbocycles. The molecule has 1 aromatic carbocycles. The topological polar surface area (TPSA) is 98.6 Å². The number of methoxy groups -OCH3 is 1. The fourth-order valence-electron chi connectivity index (χ4n) is 5.75. The van der Waals surface area contributed by atoms with Gasteiger partial charge < -0.3 is 24.3 Å². The summed E-state index contributed by atoms with van der Waals surface area (Å²) in [7, 11) is 3.65. The van der Waals surface area contributed by atoms with Gasteiger partial charge in [-0.1, -0.05) is 0 Å². The number of nitrogens with zero attached hydrogens (tertiary/aromatic N) is 4. The quantitative estimate of drug-likeness (QED) is 0.577. The van der Waals surface area contributed by atoms with Crippen LogP contribution in [0.4, 0.5) is 4.79 Å². The van der Waals surface area contributed by atoms with Crippen LogP contribution < -0.4 is 10.1 Å². The SMILES string of the molecule is COc1ccc(-c2ncc3c(n2)-c2c(c4c(n2C)CC2(CN(C(=O)OC(C)(C)C)C2)NC4=O)CC3)cc1. The molecule has 0 radical (unpaired) electrons. The van der Waals surface area contributed by atoms with E-state index in [1.165, 1.54) is 0 Å². The predicted molar refractivity (Wildman–Crippen MR) is 138 cm³/mol. The lowest BCUT2D eigenvalue weighted by molar-refractivity contribution is -0.0170. The molecule has 1 N–H and O–H groups in total. The van der Waals surface area contributed by atoms with Crippen LogP contribution in [0.1, 0.15) is 48.0 Å². The van der Waals surface area contributed by atoms with Gasteiger partial charge in [0.1, 0.15) is 11.4 Å². The van der Waals surface area contributed by atoms with Crippen LogP contribution in [0, 0.1) is 0 Å². The summed E-state index contributed by atoms with van der Waals surface area (Å²) >= 11 is 0. The second-order valence-electron chi connectivity index (χ2n) is 11.3. The van der Waals surface area contributed by atoms with Crippen molar-refractivity contribution >= 4 is 12.0 Å². The molecule has 3 aromatic rings. The monoisotopic (exact) mass is 501 g/mol. The molecule has 1 fully saturated rings. The number of hydrogen-bond donors (Lipinski definition) is 1. The second kappa shape index (κ2) is 8.06. The van der Waals surface area contributed by atoms with Gasteiger partial charge >= 0.3 is 6.09 Å². The molecule has 0 atom stereocenters. The Morgan fingerprint density at radius 1 is 1.14 bits per heavy atom. The lowest BCUT2D eigenvalue weighted by atomic mass is 9.80. The molecule has 3 aliphatic rings. The molecule has 0 saturated carbocycles. The van der Waals surface area contributed by atoms with Crippen molar-refractivity contribution in [2.45, 2.75) is 51.2 Å². The van der Waals surface area contributed by atoms with E-state index in [2.05, 4.69) is 14.9 Å². The lowest BCUT2D eigenvalue weighted by Crippen LogP contribution is -2.74. The third-order valence-corrected chi connectivity index (χ3v) is 7.45. The van der Waals surface area contributed by atoms with Crippen molar-refractivity contribution < 1.29 is 19.1 Å². The van der Waals surface area contributed by atoms with Gasteiger partial charge in [0.15, 0.2) is 5.82 Å².